The van der Waals surface area contributed by atoms with Gasteiger partial charge >= 0.3 is 0 Å². The molecule has 0 N–H and O–H groups in total. The number of carbonyl (C=O) groups is 1. The van der Waals surface area contributed by atoms with Crippen molar-refractivity contribution in [3.8, 4) is 10.6 Å². The lowest BCUT2D eigenvalue weighted by molar-refractivity contribution is 0.0984. The summed E-state index contributed by atoms with van der Waals surface area (Å²) in [5.41, 5.74) is 2.52. The quantitative estimate of drug-likeness (QED) is 0.663. The van der Waals surface area contributed by atoms with Crippen LogP contribution in [0.4, 0.5) is 15.9 Å². The van der Waals surface area contributed by atoms with Crippen LogP contribution in [-0.2, 0) is 13.5 Å². The highest BCUT2D eigenvalue weighted by Gasteiger charge is 2.30. The van der Waals surface area contributed by atoms with Gasteiger partial charge in [0.25, 0.3) is 5.91 Å². The Morgan fingerprint density at radius 1 is 1.24 bits per heavy atom. The second-order valence-electron chi connectivity index (χ2n) is 7.46. The van der Waals surface area contributed by atoms with Crippen LogP contribution < -0.4 is 9.80 Å². The van der Waals surface area contributed by atoms with Crippen LogP contribution in [0.5, 0.6) is 0 Å². The summed E-state index contributed by atoms with van der Waals surface area (Å²) >= 11 is 1.40. The molecule has 1 saturated heterocycles. The molecule has 0 saturated carbocycles. The first-order valence-corrected chi connectivity index (χ1v) is 10.6. The third kappa shape index (κ3) is 3.39. The average molecular weight is 411 g/mol. The van der Waals surface area contributed by atoms with Crippen molar-refractivity contribution < 1.29 is 9.18 Å². The number of anilines is 2. The van der Waals surface area contributed by atoms with Gasteiger partial charge in [-0.15, -0.1) is 11.3 Å². The maximum atomic E-state index is 13.7. The molecule has 0 radical (unpaired) electrons. The van der Waals surface area contributed by atoms with E-state index < -0.39 is 6.17 Å². The molecular weight excluding hydrogens is 390 g/mol. The Morgan fingerprint density at radius 3 is 2.86 bits per heavy atom. The molecule has 0 aromatic carbocycles. The Morgan fingerprint density at radius 2 is 2.14 bits per heavy atom. The van der Waals surface area contributed by atoms with Crippen LogP contribution in [0, 0.1) is 0 Å². The van der Waals surface area contributed by atoms with E-state index in [1.54, 1.807) is 22.0 Å². The van der Waals surface area contributed by atoms with E-state index in [1.807, 2.05) is 30.3 Å². The van der Waals surface area contributed by atoms with Crippen LogP contribution in [0.1, 0.15) is 28.2 Å². The molecule has 0 aliphatic carbocycles. The third-order valence-electron chi connectivity index (χ3n) is 5.39. The van der Waals surface area contributed by atoms with E-state index in [0.717, 1.165) is 40.7 Å². The van der Waals surface area contributed by atoms with E-state index in [1.165, 1.54) is 11.3 Å². The van der Waals surface area contributed by atoms with Crippen LogP contribution in [0.2, 0.25) is 0 Å². The maximum Gasteiger partial charge on any atom is 0.270 e. The lowest BCUT2D eigenvalue weighted by atomic mass is 10.1. The number of piperidine rings is 1. The Labute approximate surface area is 171 Å². The minimum absolute atomic E-state index is 0.0325. The van der Waals surface area contributed by atoms with Gasteiger partial charge in [0.2, 0.25) is 0 Å². The lowest BCUT2D eigenvalue weighted by Crippen LogP contribution is -2.36. The van der Waals surface area contributed by atoms with Gasteiger partial charge in [-0.05, 0) is 25.0 Å². The SMILES string of the molecule is Cn1cc(N2CCc3nc(-c4ccc(N5CCCC([18F])C5)nc4)sc3C2=O)cn1. The predicted octanol–water partition coefficient (Wildman–Crippen LogP) is 3.08. The molecule has 2 aliphatic heterocycles. The highest BCUT2D eigenvalue weighted by molar-refractivity contribution is 7.17. The number of hydrogen-bond donors (Lipinski definition) is 0. The third-order valence-corrected chi connectivity index (χ3v) is 6.53. The van der Waals surface area contributed by atoms with Crippen LogP contribution in [0.25, 0.3) is 10.6 Å². The number of carbonyl (C=O) groups excluding carboxylic acids is 1. The first kappa shape index (κ1) is 18.2. The average Bonchev–Trinajstić information content (AvgIpc) is 3.35. The molecular formula is C20H21FN6OS. The molecule has 3 aromatic rings. The van der Waals surface area contributed by atoms with E-state index in [0.29, 0.717) is 30.8 Å². The highest BCUT2D eigenvalue weighted by Crippen LogP contribution is 2.33. The molecule has 0 spiro atoms. The molecule has 1 atom stereocenters. The number of halogens is 1. The maximum absolute atomic E-state index is 13.7. The Kier molecular flexibility index (Phi) is 4.54. The number of thiazole rings is 1. The summed E-state index contributed by atoms with van der Waals surface area (Å²) < 4.78 is 15.4. The molecule has 5 heterocycles. The molecule has 1 fully saturated rings. The Bertz CT molecular complexity index is 1050. The smallest absolute Gasteiger partial charge is 0.270 e. The topological polar surface area (TPSA) is 67.2 Å². The summed E-state index contributed by atoms with van der Waals surface area (Å²) in [7, 11) is 1.84. The number of aromatic nitrogens is 4. The summed E-state index contributed by atoms with van der Waals surface area (Å²) in [5.74, 6) is 0.756. The van der Waals surface area contributed by atoms with Crippen LogP contribution in [0.3, 0.4) is 0 Å². The number of fused-ring (bicyclic) bond motifs is 1. The molecule has 1 unspecified atom stereocenters. The lowest BCUT2D eigenvalue weighted by Gasteiger charge is -2.29. The van der Waals surface area contributed by atoms with Crippen LogP contribution >= 0.6 is 11.3 Å². The fourth-order valence-electron chi connectivity index (χ4n) is 3.88. The zero-order valence-electron chi connectivity index (χ0n) is 16.1. The van der Waals surface area contributed by atoms with Gasteiger partial charge in [-0.1, -0.05) is 0 Å². The molecule has 3 aromatic heterocycles. The highest BCUT2D eigenvalue weighted by atomic mass is 32.1. The number of rotatable bonds is 3. The van der Waals surface area contributed by atoms with Crippen molar-refractivity contribution >= 4 is 28.7 Å². The van der Waals surface area contributed by atoms with Gasteiger partial charge < -0.3 is 9.80 Å². The summed E-state index contributed by atoms with van der Waals surface area (Å²) in [6, 6.07) is 3.87. The zero-order valence-corrected chi connectivity index (χ0v) is 16.9. The van der Waals surface area contributed by atoms with Gasteiger partial charge in [0.05, 0.1) is 24.1 Å². The molecule has 2 aliphatic rings. The predicted molar refractivity (Wildman–Crippen MR) is 110 cm³/mol. The van der Waals surface area contributed by atoms with Crippen molar-refractivity contribution in [2.24, 2.45) is 7.05 Å². The monoisotopic (exact) mass is 411 g/mol. The number of hydrogen-bond acceptors (Lipinski definition) is 6. The van der Waals surface area contributed by atoms with E-state index in [-0.39, 0.29) is 5.91 Å². The van der Waals surface area contributed by atoms with Crippen molar-refractivity contribution in [3.63, 3.8) is 0 Å². The van der Waals surface area contributed by atoms with Gasteiger partial charge in [0, 0.05) is 44.5 Å². The van der Waals surface area contributed by atoms with Crippen molar-refractivity contribution in [2.45, 2.75) is 25.4 Å². The largest absolute Gasteiger partial charge is 0.354 e. The standard InChI is InChI=1S/C20H21FN6OS/c1-25-12-15(10-23-25)27-8-6-16-18(20(27)28)29-19(24-16)13-4-5-17(22-9-13)26-7-2-3-14(21)11-26/h4-5,9-10,12,14H,2-3,6-8,11H2,1H3/i21-1. The second-order valence-corrected chi connectivity index (χ2v) is 8.46. The van der Waals surface area contributed by atoms with Gasteiger partial charge in [-0.2, -0.15) is 5.10 Å². The van der Waals surface area contributed by atoms with Crippen LogP contribution in [-0.4, -0.2) is 51.5 Å². The van der Waals surface area contributed by atoms with Crippen molar-refractivity contribution in [1.29, 1.82) is 0 Å². The second kappa shape index (κ2) is 7.22. The first-order chi connectivity index (χ1) is 14.1. The fourth-order valence-corrected chi connectivity index (χ4v) is 4.93. The number of amides is 1. The summed E-state index contributed by atoms with van der Waals surface area (Å²) in [6.45, 7) is 1.82. The number of nitrogens with zero attached hydrogens (tertiary/aromatic N) is 6. The van der Waals surface area contributed by atoms with E-state index in [4.69, 9.17) is 4.98 Å². The normalized spacial score (nSPS) is 19.5. The van der Waals surface area contributed by atoms with Crippen LogP contribution in [0.15, 0.2) is 30.7 Å². The molecule has 29 heavy (non-hydrogen) atoms. The van der Waals surface area contributed by atoms with E-state index >= 15 is 0 Å². The number of pyridine rings is 1. The van der Waals surface area contributed by atoms with Gasteiger partial charge in [-0.3, -0.25) is 9.48 Å². The molecule has 1 amide bonds. The van der Waals surface area contributed by atoms with Gasteiger partial charge in [-0.25, -0.2) is 14.4 Å². The number of alkyl halides is 1. The summed E-state index contributed by atoms with van der Waals surface area (Å²) in [6.07, 6.45) is 6.72. The van der Waals surface area contributed by atoms with Crippen molar-refractivity contribution in [2.75, 3.05) is 29.4 Å². The molecule has 150 valence electrons. The molecule has 9 heteroatoms. The Balaban J connectivity index is 1.38. The first-order valence-electron chi connectivity index (χ1n) is 9.74. The molecule has 5 rings (SSSR count). The van der Waals surface area contributed by atoms with Gasteiger partial charge in [0.1, 0.15) is 21.9 Å². The fraction of sp³-hybridized carbons (Fsp3) is 0.400. The summed E-state index contributed by atoms with van der Waals surface area (Å²) in [5, 5.41) is 4.95. The minimum Gasteiger partial charge on any atom is -0.354 e. The van der Waals surface area contributed by atoms with E-state index in [9.17, 15) is 9.18 Å². The molecule has 0 bridgehead atoms. The van der Waals surface area contributed by atoms with E-state index in [2.05, 4.69) is 10.1 Å². The molecule has 7 nitrogen and oxygen atoms in total. The summed E-state index contributed by atoms with van der Waals surface area (Å²) in [4.78, 5) is 26.6. The Hall–Kier alpha value is -2.81. The number of aryl methyl sites for hydroxylation is 1. The van der Waals surface area contributed by atoms with Crippen molar-refractivity contribution in [1.82, 2.24) is 19.7 Å². The minimum atomic E-state index is -0.787. The van der Waals surface area contributed by atoms with Gasteiger partial charge in [0.15, 0.2) is 0 Å². The zero-order chi connectivity index (χ0) is 20.0. The van der Waals surface area contributed by atoms with Crippen molar-refractivity contribution in [3.05, 3.63) is 41.3 Å².